The van der Waals surface area contributed by atoms with E-state index in [4.69, 9.17) is 5.73 Å². The molecule has 0 aliphatic rings. The van der Waals surface area contributed by atoms with Crippen molar-refractivity contribution in [1.82, 2.24) is 16.0 Å². The molecule has 9 nitrogen and oxygen atoms in total. The molecule has 0 aliphatic carbocycles. The molecule has 3 amide bonds. The van der Waals surface area contributed by atoms with Crippen LogP contribution in [0.2, 0.25) is 0 Å². The van der Waals surface area contributed by atoms with Gasteiger partial charge in [0.1, 0.15) is 12.1 Å². The van der Waals surface area contributed by atoms with Crippen molar-refractivity contribution in [3.63, 3.8) is 0 Å². The third-order valence-corrected chi connectivity index (χ3v) is 5.25. The molecule has 31 heavy (non-hydrogen) atoms. The molecule has 0 bridgehead atoms. The lowest BCUT2D eigenvalue weighted by Crippen LogP contribution is -2.55. The Morgan fingerprint density at radius 1 is 1.03 bits per heavy atom. The van der Waals surface area contributed by atoms with Crippen molar-refractivity contribution in [2.45, 2.75) is 44.8 Å². The van der Waals surface area contributed by atoms with Crippen molar-refractivity contribution in [3.8, 4) is 0 Å². The van der Waals surface area contributed by atoms with Crippen LogP contribution in [0.4, 0.5) is 0 Å². The zero-order chi connectivity index (χ0) is 23.4. The summed E-state index contributed by atoms with van der Waals surface area (Å²) in [5.74, 6) is -2.31. The third-order valence-electron chi connectivity index (χ3n) is 4.60. The Labute approximate surface area is 186 Å². The second-order valence-corrected chi connectivity index (χ2v) is 8.46. The molecule has 0 heterocycles. The predicted molar refractivity (Wildman–Crippen MR) is 120 cm³/mol. The molecule has 6 N–H and O–H groups in total. The third kappa shape index (κ3) is 9.84. The van der Waals surface area contributed by atoms with E-state index in [9.17, 15) is 24.3 Å². The number of nitrogens with one attached hydrogen (secondary N) is 3. The Morgan fingerprint density at radius 3 is 2.23 bits per heavy atom. The van der Waals surface area contributed by atoms with Crippen LogP contribution in [0, 0.1) is 5.92 Å². The number of aliphatic carboxylic acids is 1. The maximum Gasteiger partial charge on any atom is 0.326 e. The van der Waals surface area contributed by atoms with E-state index in [0.717, 1.165) is 5.56 Å². The summed E-state index contributed by atoms with van der Waals surface area (Å²) >= 11 is 1.47. The number of carboxylic acids is 1. The Hall–Kier alpha value is -2.59. The zero-order valence-electron chi connectivity index (χ0n) is 18.1. The molecule has 1 aromatic rings. The van der Waals surface area contributed by atoms with E-state index in [1.54, 1.807) is 13.8 Å². The summed E-state index contributed by atoms with van der Waals surface area (Å²) in [6.45, 7) is 3.20. The van der Waals surface area contributed by atoms with E-state index >= 15 is 0 Å². The van der Waals surface area contributed by atoms with Crippen molar-refractivity contribution >= 4 is 35.5 Å². The lowest BCUT2D eigenvalue weighted by atomic mass is 10.0. The summed E-state index contributed by atoms with van der Waals surface area (Å²) in [5, 5.41) is 16.7. The molecule has 0 fully saturated rings. The van der Waals surface area contributed by atoms with Gasteiger partial charge in [0, 0.05) is 6.42 Å². The number of amides is 3. The van der Waals surface area contributed by atoms with E-state index in [1.807, 2.05) is 36.6 Å². The predicted octanol–water partition coefficient (Wildman–Crippen LogP) is 0.136. The number of hydrogen-bond donors (Lipinski definition) is 5. The molecule has 1 rings (SSSR count). The number of rotatable bonds is 13. The van der Waals surface area contributed by atoms with E-state index in [-0.39, 0.29) is 18.8 Å². The summed E-state index contributed by atoms with van der Waals surface area (Å²) in [6, 6.07) is 6.39. The molecule has 0 radical (unpaired) electrons. The van der Waals surface area contributed by atoms with Gasteiger partial charge in [-0.05, 0) is 29.9 Å². The monoisotopic (exact) mass is 452 g/mol. The van der Waals surface area contributed by atoms with Gasteiger partial charge in [-0.3, -0.25) is 14.4 Å². The maximum absolute atomic E-state index is 12.7. The fourth-order valence-electron chi connectivity index (χ4n) is 2.66. The van der Waals surface area contributed by atoms with Crippen LogP contribution < -0.4 is 21.7 Å². The number of thioether (sulfide) groups is 1. The average Bonchev–Trinajstić information content (AvgIpc) is 2.74. The molecule has 1 aromatic carbocycles. The van der Waals surface area contributed by atoms with Gasteiger partial charge >= 0.3 is 5.97 Å². The SMILES string of the molecule is CSCCC(NC(=O)CNC(=O)C(Cc1ccccc1)NC(=O)C(N)C(C)C)C(=O)O. The van der Waals surface area contributed by atoms with Crippen molar-refractivity contribution < 1.29 is 24.3 Å². The van der Waals surface area contributed by atoms with Gasteiger partial charge in [0.15, 0.2) is 0 Å². The van der Waals surface area contributed by atoms with Gasteiger partial charge in [-0.2, -0.15) is 11.8 Å². The quantitative estimate of drug-likeness (QED) is 0.285. The molecule has 0 aliphatic heterocycles. The first-order chi connectivity index (χ1) is 14.6. The zero-order valence-corrected chi connectivity index (χ0v) is 18.9. The highest BCUT2D eigenvalue weighted by molar-refractivity contribution is 7.98. The minimum atomic E-state index is -1.13. The smallest absolute Gasteiger partial charge is 0.326 e. The summed E-state index contributed by atoms with van der Waals surface area (Å²) in [6.07, 6.45) is 2.33. The highest BCUT2D eigenvalue weighted by atomic mass is 32.2. The Kier molecular flexibility index (Phi) is 11.7. The van der Waals surface area contributed by atoms with Gasteiger partial charge in [0.2, 0.25) is 17.7 Å². The van der Waals surface area contributed by atoms with Crippen LogP contribution in [0.1, 0.15) is 25.8 Å². The lowest BCUT2D eigenvalue weighted by Gasteiger charge is -2.22. The number of benzene rings is 1. The Bertz CT molecular complexity index is 745. The van der Waals surface area contributed by atoms with Crippen molar-refractivity contribution in [2.24, 2.45) is 11.7 Å². The summed E-state index contributed by atoms with van der Waals surface area (Å²) in [5.41, 5.74) is 6.71. The van der Waals surface area contributed by atoms with Crippen LogP contribution in [0.3, 0.4) is 0 Å². The van der Waals surface area contributed by atoms with E-state index in [1.165, 1.54) is 11.8 Å². The first-order valence-electron chi connectivity index (χ1n) is 10.0. The van der Waals surface area contributed by atoms with Crippen molar-refractivity contribution in [1.29, 1.82) is 0 Å². The average molecular weight is 453 g/mol. The molecule has 0 saturated heterocycles. The van der Waals surface area contributed by atoms with Crippen LogP contribution in [0.15, 0.2) is 30.3 Å². The van der Waals surface area contributed by atoms with Gasteiger partial charge in [-0.15, -0.1) is 0 Å². The molecule has 0 spiro atoms. The van der Waals surface area contributed by atoms with Crippen LogP contribution in [-0.2, 0) is 25.6 Å². The molecule has 3 atom stereocenters. The maximum atomic E-state index is 12.7. The summed E-state index contributed by atoms with van der Waals surface area (Å²) < 4.78 is 0. The van der Waals surface area contributed by atoms with Crippen LogP contribution in [0.5, 0.6) is 0 Å². The number of nitrogens with two attached hydrogens (primary N) is 1. The van der Waals surface area contributed by atoms with Gasteiger partial charge in [0.25, 0.3) is 0 Å². The number of hydrogen-bond acceptors (Lipinski definition) is 6. The molecular weight excluding hydrogens is 420 g/mol. The first kappa shape index (κ1) is 26.4. The van der Waals surface area contributed by atoms with E-state index in [0.29, 0.717) is 5.75 Å². The second-order valence-electron chi connectivity index (χ2n) is 7.48. The van der Waals surface area contributed by atoms with Crippen LogP contribution in [0.25, 0.3) is 0 Å². The lowest BCUT2D eigenvalue weighted by molar-refractivity contribution is -0.141. The number of carboxylic acid groups (broad SMARTS) is 1. The van der Waals surface area contributed by atoms with E-state index < -0.39 is 48.4 Å². The minimum Gasteiger partial charge on any atom is -0.480 e. The van der Waals surface area contributed by atoms with E-state index in [2.05, 4.69) is 16.0 Å². The van der Waals surface area contributed by atoms with Crippen molar-refractivity contribution in [3.05, 3.63) is 35.9 Å². The van der Waals surface area contributed by atoms with Crippen LogP contribution >= 0.6 is 11.8 Å². The number of carbonyl (C=O) groups is 4. The van der Waals surface area contributed by atoms with Crippen molar-refractivity contribution in [2.75, 3.05) is 18.6 Å². The van der Waals surface area contributed by atoms with Gasteiger partial charge < -0.3 is 26.8 Å². The largest absolute Gasteiger partial charge is 0.480 e. The number of carbonyl (C=O) groups excluding carboxylic acids is 3. The molecule has 0 saturated carbocycles. The highest BCUT2D eigenvalue weighted by Gasteiger charge is 2.26. The molecule has 0 aromatic heterocycles. The molecule has 172 valence electrons. The van der Waals surface area contributed by atoms with Crippen LogP contribution in [-0.4, -0.2) is 65.5 Å². The minimum absolute atomic E-state index is 0.111. The molecule has 10 heteroatoms. The topological polar surface area (TPSA) is 151 Å². The summed E-state index contributed by atoms with van der Waals surface area (Å²) in [7, 11) is 0. The highest BCUT2D eigenvalue weighted by Crippen LogP contribution is 2.06. The second kappa shape index (κ2) is 13.7. The Morgan fingerprint density at radius 2 is 1.68 bits per heavy atom. The van der Waals surface area contributed by atoms with Gasteiger partial charge in [0.05, 0.1) is 12.6 Å². The fourth-order valence-corrected chi connectivity index (χ4v) is 3.13. The normalized spacial score (nSPS) is 13.7. The van der Waals surface area contributed by atoms with Gasteiger partial charge in [-0.25, -0.2) is 4.79 Å². The molecule has 3 unspecified atom stereocenters. The Balaban J connectivity index is 2.76. The molecular formula is C21H32N4O5S. The van der Waals surface area contributed by atoms with Gasteiger partial charge in [-0.1, -0.05) is 44.2 Å². The summed E-state index contributed by atoms with van der Waals surface area (Å²) in [4.78, 5) is 48.5. The fraction of sp³-hybridized carbons (Fsp3) is 0.524. The standard InChI is InChI=1S/C21H32N4O5S/c1-13(2)18(22)20(28)25-16(11-14-7-5-4-6-8-14)19(27)23-12-17(26)24-15(21(29)30)9-10-31-3/h4-8,13,15-16,18H,9-12,22H2,1-3H3,(H,23,27)(H,24,26)(H,25,28)(H,29,30). The first-order valence-corrected chi connectivity index (χ1v) is 11.4.